The molecule has 4 heteroatoms. The monoisotopic (exact) mass is 248 g/mol. The van der Waals surface area contributed by atoms with E-state index in [9.17, 15) is 9.18 Å². The third kappa shape index (κ3) is 3.40. The van der Waals surface area contributed by atoms with E-state index < -0.39 is 0 Å². The van der Waals surface area contributed by atoms with E-state index in [2.05, 4.69) is 12.2 Å². The molecule has 1 amide bonds. The predicted octanol–water partition coefficient (Wildman–Crippen LogP) is 1.66. The molecule has 0 spiro atoms. The summed E-state index contributed by atoms with van der Waals surface area (Å²) in [6.07, 6.45) is 3.26. The van der Waals surface area contributed by atoms with Gasteiger partial charge in [0.1, 0.15) is 5.82 Å². The molecule has 1 fully saturated rings. The minimum atomic E-state index is -0.269. The number of hydrogen-bond acceptors (Lipinski definition) is 2. The molecule has 1 aliphatic rings. The van der Waals surface area contributed by atoms with E-state index in [1.54, 1.807) is 24.3 Å². The molecule has 1 saturated heterocycles. The zero-order valence-electron chi connectivity index (χ0n) is 10.4. The molecule has 1 unspecified atom stereocenters. The second-order valence-corrected chi connectivity index (χ2v) is 4.52. The third-order valence-electron chi connectivity index (χ3n) is 2.97. The summed E-state index contributed by atoms with van der Waals surface area (Å²) in [7, 11) is 0. The lowest BCUT2D eigenvalue weighted by atomic mass is 10.2. The molecule has 0 aliphatic carbocycles. The highest BCUT2D eigenvalue weighted by molar-refractivity contribution is 5.91. The second kappa shape index (κ2) is 5.78. The van der Waals surface area contributed by atoms with Crippen molar-refractivity contribution in [3.8, 4) is 0 Å². The lowest BCUT2D eigenvalue weighted by Crippen LogP contribution is -2.50. The summed E-state index contributed by atoms with van der Waals surface area (Å²) in [5.74, 6) is -0.262. The Hall–Kier alpha value is -1.68. The van der Waals surface area contributed by atoms with Crippen molar-refractivity contribution in [1.82, 2.24) is 10.2 Å². The van der Waals surface area contributed by atoms with Gasteiger partial charge in [-0.25, -0.2) is 4.39 Å². The fourth-order valence-corrected chi connectivity index (χ4v) is 1.98. The van der Waals surface area contributed by atoms with Gasteiger partial charge in [-0.05, 0) is 30.7 Å². The van der Waals surface area contributed by atoms with E-state index in [0.29, 0.717) is 6.04 Å². The Morgan fingerprint density at radius 1 is 1.44 bits per heavy atom. The number of carbonyl (C=O) groups excluding carboxylic acids is 1. The third-order valence-corrected chi connectivity index (χ3v) is 2.97. The smallest absolute Gasteiger partial charge is 0.246 e. The van der Waals surface area contributed by atoms with Crippen LogP contribution in [0.15, 0.2) is 30.3 Å². The maximum absolute atomic E-state index is 12.7. The van der Waals surface area contributed by atoms with Crippen molar-refractivity contribution >= 4 is 12.0 Å². The number of carbonyl (C=O) groups is 1. The molecule has 1 aliphatic heterocycles. The van der Waals surface area contributed by atoms with Crippen LogP contribution in [0.3, 0.4) is 0 Å². The quantitative estimate of drug-likeness (QED) is 0.807. The summed E-state index contributed by atoms with van der Waals surface area (Å²) in [6.45, 7) is 4.35. The highest BCUT2D eigenvalue weighted by Crippen LogP contribution is 2.06. The van der Waals surface area contributed by atoms with Gasteiger partial charge >= 0.3 is 0 Å². The highest BCUT2D eigenvalue weighted by atomic mass is 19.1. The Kier molecular flexibility index (Phi) is 4.10. The minimum Gasteiger partial charge on any atom is -0.336 e. The van der Waals surface area contributed by atoms with Crippen LogP contribution in [-0.4, -0.2) is 36.5 Å². The molecule has 0 bridgehead atoms. The van der Waals surface area contributed by atoms with E-state index in [1.165, 1.54) is 12.1 Å². The largest absolute Gasteiger partial charge is 0.336 e. The predicted molar refractivity (Wildman–Crippen MR) is 69.5 cm³/mol. The van der Waals surface area contributed by atoms with Gasteiger partial charge in [0, 0.05) is 31.8 Å². The molecule has 0 aromatic heterocycles. The fourth-order valence-electron chi connectivity index (χ4n) is 1.98. The lowest BCUT2D eigenvalue weighted by Gasteiger charge is -2.31. The van der Waals surface area contributed by atoms with Crippen molar-refractivity contribution in [2.45, 2.75) is 13.0 Å². The lowest BCUT2D eigenvalue weighted by molar-refractivity contribution is -0.127. The first-order valence-electron chi connectivity index (χ1n) is 6.11. The molecule has 2 rings (SSSR count). The molecule has 1 aromatic carbocycles. The van der Waals surface area contributed by atoms with Gasteiger partial charge in [0.2, 0.25) is 5.91 Å². The number of piperazine rings is 1. The summed E-state index contributed by atoms with van der Waals surface area (Å²) in [5.41, 5.74) is 0.827. The maximum Gasteiger partial charge on any atom is 0.246 e. The molecule has 1 atom stereocenters. The summed E-state index contributed by atoms with van der Waals surface area (Å²) >= 11 is 0. The van der Waals surface area contributed by atoms with E-state index in [1.807, 2.05) is 4.90 Å². The minimum absolute atomic E-state index is 0.00711. The van der Waals surface area contributed by atoms with Crippen molar-refractivity contribution in [2.75, 3.05) is 19.6 Å². The van der Waals surface area contributed by atoms with Gasteiger partial charge in [-0.2, -0.15) is 0 Å². The first kappa shape index (κ1) is 12.8. The van der Waals surface area contributed by atoms with Crippen molar-refractivity contribution < 1.29 is 9.18 Å². The topological polar surface area (TPSA) is 32.3 Å². The van der Waals surface area contributed by atoms with E-state index in [0.717, 1.165) is 25.2 Å². The van der Waals surface area contributed by atoms with Gasteiger partial charge in [-0.15, -0.1) is 0 Å². The van der Waals surface area contributed by atoms with Gasteiger partial charge in [0.15, 0.2) is 0 Å². The van der Waals surface area contributed by atoms with Crippen LogP contribution in [0.4, 0.5) is 4.39 Å². The number of nitrogens with one attached hydrogen (secondary N) is 1. The summed E-state index contributed by atoms with van der Waals surface area (Å²) < 4.78 is 12.7. The zero-order valence-corrected chi connectivity index (χ0v) is 10.4. The molecular formula is C14H17FN2O. The Balaban J connectivity index is 1.96. The van der Waals surface area contributed by atoms with Crippen molar-refractivity contribution in [3.05, 3.63) is 41.7 Å². The summed E-state index contributed by atoms with van der Waals surface area (Å²) in [6, 6.07) is 6.41. The number of rotatable bonds is 2. The second-order valence-electron chi connectivity index (χ2n) is 4.52. The first-order valence-corrected chi connectivity index (χ1v) is 6.11. The molecule has 3 nitrogen and oxygen atoms in total. The van der Waals surface area contributed by atoms with Crippen molar-refractivity contribution in [2.24, 2.45) is 0 Å². The maximum atomic E-state index is 12.7. The van der Waals surface area contributed by atoms with Crippen LogP contribution in [0.1, 0.15) is 12.5 Å². The van der Waals surface area contributed by atoms with Crippen LogP contribution >= 0.6 is 0 Å². The van der Waals surface area contributed by atoms with Gasteiger partial charge in [0.05, 0.1) is 0 Å². The molecule has 96 valence electrons. The van der Waals surface area contributed by atoms with Gasteiger partial charge in [-0.3, -0.25) is 4.79 Å². The van der Waals surface area contributed by atoms with Crippen molar-refractivity contribution in [3.63, 3.8) is 0 Å². The number of nitrogens with zero attached hydrogens (tertiary/aromatic N) is 1. The Bertz CT molecular complexity index is 442. The summed E-state index contributed by atoms with van der Waals surface area (Å²) in [5, 5.41) is 3.29. The fraction of sp³-hybridized carbons (Fsp3) is 0.357. The number of hydrogen-bond donors (Lipinski definition) is 1. The normalized spacial score (nSPS) is 20.3. The molecule has 0 saturated carbocycles. The Morgan fingerprint density at radius 2 is 2.17 bits per heavy atom. The first-order chi connectivity index (χ1) is 8.65. The van der Waals surface area contributed by atoms with E-state index in [-0.39, 0.29) is 11.7 Å². The number of halogens is 1. The van der Waals surface area contributed by atoms with Gasteiger partial charge in [0.25, 0.3) is 0 Å². The Labute approximate surface area is 106 Å². The number of benzene rings is 1. The van der Waals surface area contributed by atoms with E-state index >= 15 is 0 Å². The van der Waals surface area contributed by atoms with E-state index in [4.69, 9.17) is 0 Å². The standard InChI is InChI=1S/C14H17FN2O/c1-11-10-17(9-8-16-11)14(18)7-4-12-2-5-13(15)6-3-12/h2-7,11,16H,8-10H2,1H3. The molecular weight excluding hydrogens is 231 g/mol. The van der Waals surface area contributed by atoms with Crippen LogP contribution in [-0.2, 0) is 4.79 Å². The molecule has 0 radical (unpaired) electrons. The zero-order chi connectivity index (χ0) is 13.0. The number of amides is 1. The SMILES string of the molecule is CC1CN(C(=O)C=Cc2ccc(F)cc2)CCN1. The Morgan fingerprint density at radius 3 is 2.83 bits per heavy atom. The highest BCUT2D eigenvalue weighted by Gasteiger charge is 2.18. The summed E-state index contributed by atoms with van der Waals surface area (Å²) in [4.78, 5) is 13.7. The van der Waals surface area contributed by atoms with Crippen LogP contribution in [0, 0.1) is 5.82 Å². The molecule has 1 aromatic rings. The average Bonchev–Trinajstić information content (AvgIpc) is 2.38. The van der Waals surface area contributed by atoms with Crippen LogP contribution < -0.4 is 5.32 Å². The van der Waals surface area contributed by atoms with Crippen molar-refractivity contribution in [1.29, 1.82) is 0 Å². The molecule has 1 N–H and O–H groups in total. The van der Waals surface area contributed by atoms with Crippen LogP contribution in [0.25, 0.3) is 6.08 Å². The van der Waals surface area contributed by atoms with Crippen LogP contribution in [0.5, 0.6) is 0 Å². The van der Waals surface area contributed by atoms with Gasteiger partial charge < -0.3 is 10.2 Å². The van der Waals surface area contributed by atoms with Gasteiger partial charge in [-0.1, -0.05) is 12.1 Å². The molecule has 18 heavy (non-hydrogen) atoms. The molecule has 1 heterocycles. The van der Waals surface area contributed by atoms with Crippen LogP contribution in [0.2, 0.25) is 0 Å². The average molecular weight is 248 g/mol.